The number of sulfonamides is 1. The lowest BCUT2D eigenvalue weighted by Crippen LogP contribution is -2.35. The van der Waals surface area contributed by atoms with E-state index in [0.29, 0.717) is 30.3 Å². The summed E-state index contributed by atoms with van der Waals surface area (Å²) in [5.41, 5.74) is 2.28. The van der Waals surface area contributed by atoms with Crippen LogP contribution in [0.1, 0.15) is 22.3 Å². The maximum atomic E-state index is 13.9. The molecule has 0 atom stereocenters. The molecule has 8 heteroatoms. The second-order valence-corrected chi connectivity index (χ2v) is 8.60. The molecule has 3 aromatic rings. The predicted molar refractivity (Wildman–Crippen MR) is 110 cm³/mol. The zero-order chi connectivity index (χ0) is 21.3. The van der Waals surface area contributed by atoms with Gasteiger partial charge in [-0.25, -0.2) is 17.2 Å². The number of nitrogens with one attached hydrogen (secondary N) is 1. The van der Waals surface area contributed by atoms with Crippen LogP contribution in [0.15, 0.2) is 71.6 Å². The first-order valence-electron chi connectivity index (χ1n) is 9.33. The minimum Gasteiger partial charge on any atom is -0.308 e. The number of rotatable bonds is 4. The van der Waals surface area contributed by atoms with Gasteiger partial charge < -0.3 is 4.90 Å². The van der Waals surface area contributed by atoms with E-state index in [4.69, 9.17) is 0 Å². The Kier molecular flexibility index (Phi) is 5.26. The van der Waals surface area contributed by atoms with Crippen LogP contribution in [-0.2, 0) is 16.4 Å². The smallest absolute Gasteiger partial charge is 0.264 e. The largest absolute Gasteiger partial charge is 0.308 e. The number of nitrogens with zero attached hydrogens (tertiary/aromatic N) is 1. The van der Waals surface area contributed by atoms with E-state index in [1.807, 2.05) is 6.07 Å². The highest BCUT2D eigenvalue weighted by Crippen LogP contribution is 2.32. The fourth-order valence-electron chi connectivity index (χ4n) is 3.50. The molecule has 0 fully saturated rings. The maximum Gasteiger partial charge on any atom is 0.264 e. The van der Waals surface area contributed by atoms with Gasteiger partial charge in [0.25, 0.3) is 15.9 Å². The quantitative estimate of drug-likeness (QED) is 0.672. The molecule has 4 rings (SSSR count). The summed E-state index contributed by atoms with van der Waals surface area (Å²) in [4.78, 5) is 13.8. The number of halogens is 2. The molecule has 30 heavy (non-hydrogen) atoms. The predicted octanol–water partition coefficient (Wildman–Crippen LogP) is 4.36. The average Bonchev–Trinajstić information content (AvgIpc) is 2.74. The molecule has 1 aliphatic heterocycles. The Hall–Kier alpha value is -3.26. The van der Waals surface area contributed by atoms with Crippen LogP contribution >= 0.6 is 0 Å². The molecular weight excluding hydrogens is 410 g/mol. The summed E-state index contributed by atoms with van der Waals surface area (Å²) in [6, 6.07) is 15.9. The van der Waals surface area contributed by atoms with Crippen LogP contribution in [0.25, 0.3) is 0 Å². The first-order chi connectivity index (χ1) is 14.3. The number of carbonyl (C=O) groups excluding carboxylic acids is 1. The van der Waals surface area contributed by atoms with Crippen molar-refractivity contribution in [2.24, 2.45) is 0 Å². The lowest BCUT2D eigenvalue weighted by molar-refractivity contribution is 0.0985. The molecule has 1 N–H and O–H groups in total. The minimum absolute atomic E-state index is 0.133. The summed E-state index contributed by atoms with van der Waals surface area (Å²) < 4.78 is 54.6. The zero-order valence-corrected chi connectivity index (χ0v) is 16.6. The van der Waals surface area contributed by atoms with E-state index in [9.17, 15) is 22.0 Å². The van der Waals surface area contributed by atoms with Crippen molar-refractivity contribution in [1.29, 1.82) is 0 Å². The molecule has 5 nitrogen and oxygen atoms in total. The third kappa shape index (κ3) is 3.91. The number of aryl methyl sites for hydroxylation is 1. The van der Waals surface area contributed by atoms with Gasteiger partial charge in [-0.05, 0) is 66.9 Å². The van der Waals surface area contributed by atoms with Crippen molar-refractivity contribution in [3.05, 3.63) is 89.5 Å². The van der Waals surface area contributed by atoms with E-state index in [-0.39, 0.29) is 11.6 Å². The van der Waals surface area contributed by atoms with Crippen LogP contribution in [-0.4, -0.2) is 20.9 Å². The molecule has 0 unspecified atom stereocenters. The van der Waals surface area contributed by atoms with Gasteiger partial charge in [-0.2, -0.15) is 0 Å². The Labute approximate surface area is 173 Å². The van der Waals surface area contributed by atoms with Crippen molar-refractivity contribution in [1.82, 2.24) is 0 Å². The molecular formula is C22H18F2N2O3S. The number of carbonyl (C=O) groups is 1. The van der Waals surface area contributed by atoms with Crippen molar-refractivity contribution in [3.8, 4) is 0 Å². The number of fused-ring (bicyclic) bond motifs is 1. The molecule has 0 aliphatic carbocycles. The summed E-state index contributed by atoms with van der Waals surface area (Å²) in [5, 5.41) is 0. The van der Waals surface area contributed by atoms with Gasteiger partial charge in [0.2, 0.25) is 0 Å². The molecule has 1 heterocycles. The van der Waals surface area contributed by atoms with Crippen molar-refractivity contribution >= 4 is 27.3 Å². The van der Waals surface area contributed by atoms with Crippen molar-refractivity contribution in [2.75, 3.05) is 16.2 Å². The highest BCUT2D eigenvalue weighted by atomic mass is 32.2. The first kappa shape index (κ1) is 20.0. The van der Waals surface area contributed by atoms with Crippen molar-refractivity contribution in [2.45, 2.75) is 17.7 Å². The Morgan fingerprint density at radius 2 is 1.73 bits per heavy atom. The van der Waals surface area contributed by atoms with Gasteiger partial charge >= 0.3 is 0 Å². The monoisotopic (exact) mass is 428 g/mol. The molecule has 1 aliphatic rings. The van der Waals surface area contributed by atoms with E-state index in [1.165, 1.54) is 6.07 Å². The van der Waals surface area contributed by atoms with E-state index in [0.717, 1.165) is 24.1 Å². The summed E-state index contributed by atoms with van der Waals surface area (Å²) >= 11 is 0. The maximum absolute atomic E-state index is 13.9. The number of hydrogen-bond acceptors (Lipinski definition) is 3. The van der Waals surface area contributed by atoms with Crippen LogP contribution in [0.2, 0.25) is 0 Å². The second-order valence-electron chi connectivity index (χ2n) is 6.95. The Bertz CT molecular complexity index is 1210. The molecule has 1 amide bonds. The van der Waals surface area contributed by atoms with E-state index >= 15 is 0 Å². The van der Waals surface area contributed by atoms with Gasteiger partial charge in [-0.1, -0.05) is 18.2 Å². The number of benzene rings is 3. The SMILES string of the molecule is O=C(c1ccccc1)N1CCCc2cc(NS(=O)(=O)c3cc(F)ccc3F)ccc21. The van der Waals surface area contributed by atoms with Crippen LogP contribution in [0.3, 0.4) is 0 Å². The molecule has 3 aromatic carbocycles. The van der Waals surface area contributed by atoms with Crippen LogP contribution in [0, 0.1) is 11.6 Å². The third-order valence-corrected chi connectivity index (χ3v) is 6.30. The standard InChI is InChI=1S/C22H18F2N2O3S/c23-17-8-10-19(24)21(14-17)30(28,29)25-18-9-11-20-16(13-18)7-4-12-26(20)22(27)15-5-2-1-3-6-15/h1-3,5-6,8-11,13-14,25H,4,7,12H2. The Balaban J connectivity index is 1.63. The van der Waals surface area contributed by atoms with Crippen molar-refractivity contribution < 1.29 is 22.0 Å². The van der Waals surface area contributed by atoms with Gasteiger partial charge in [-0.3, -0.25) is 9.52 Å². The topological polar surface area (TPSA) is 66.5 Å². The van der Waals surface area contributed by atoms with E-state index < -0.39 is 26.6 Å². The lowest BCUT2D eigenvalue weighted by Gasteiger charge is -2.30. The van der Waals surface area contributed by atoms with Gasteiger partial charge in [-0.15, -0.1) is 0 Å². The van der Waals surface area contributed by atoms with Gasteiger partial charge in [0.1, 0.15) is 16.5 Å². The second kappa shape index (κ2) is 7.87. The fraction of sp³-hybridized carbons (Fsp3) is 0.136. The van der Waals surface area contributed by atoms with Crippen LogP contribution < -0.4 is 9.62 Å². The molecule has 0 spiro atoms. The Morgan fingerprint density at radius 1 is 0.967 bits per heavy atom. The van der Waals surface area contributed by atoms with Gasteiger partial charge in [0.15, 0.2) is 0 Å². The van der Waals surface area contributed by atoms with Gasteiger partial charge in [0, 0.05) is 23.5 Å². The highest BCUT2D eigenvalue weighted by Gasteiger charge is 2.25. The van der Waals surface area contributed by atoms with E-state index in [2.05, 4.69) is 4.72 Å². The number of anilines is 2. The molecule has 0 saturated carbocycles. The highest BCUT2D eigenvalue weighted by molar-refractivity contribution is 7.92. The van der Waals surface area contributed by atoms with Crippen molar-refractivity contribution in [3.63, 3.8) is 0 Å². The normalized spacial score (nSPS) is 13.6. The van der Waals surface area contributed by atoms with Gasteiger partial charge in [0.05, 0.1) is 0 Å². The molecule has 154 valence electrons. The van der Waals surface area contributed by atoms with Crippen LogP contribution in [0.4, 0.5) is 20.2 Å². The summed E-state index contributed by atoms with van der Waals surface area (Å²) in [6.07, 6.45) is 1.39. The first-order valence-corrected chi connectivity index (χ1v) is 10.8. The lowest BCUT2D eigenvalue weighted by atomic mass is 10.00. The minimum atomic E-state index is -4.31. The van der Waals surface area contributed by atoms with Crippen LogP contribution in [0.5, 0.6) is 0 Å². The molecule has 0 aromatic heterocycles. The summed E-state index contributed by atoms with van der Waals surface area (Å²) in [7, 11) is -4.31. The molecule has 0 saturated heterocycles. The average molecular weight is 428 g/mol. The Morgan fingerprint density at radius 3 is 2.50 bits per heavy atom. The molecule has 0 radical (unpaired) electrons. The molecule has 0 bridgehead atoms. The van der Waals surface area contributed by atoms with E-state index in [1.54, 1.807) is 41.3 Å². The summed E-state index contributed by atoms with van der Waals surface area (Å²) in [5.74, 6) is -2.02. The third-order valence-electron chi connectivity index (χ3n) is 4.90. The fourth-order valence-corrected chi connectivity index (χ4v) is 4.64. The summed E-state index contributed by atoms with van der Waals surface area (Å²) in [6.45, 7) is 0.556. The zero-order valence-electron chi connectivity index (χ0n) is 15.8. The number of amides is 1. The number of hydrogen-bond donors (Lipinski definition) is 1.